The second-order valence-corrected chi connectivity index (χ2v) is 10.8. The van der Waals surface area contributed by atoms with E-state index in [-0.39, 0.29) is 5.91 Å². The molecular formula is C27H32ClN7O2S. The van der Waals surface area contributed by atoms with E-state index >= 15 is 0 Å². The van der Waals surface area contributed by atoms with Gasteiger partial charge in [0.15, 0.2) is 5.82 Å². The van der Waals surface area contributed by atoms with Gasteiger partial charge in [0.1, 0.15) is 10.8 Å². The fraction of sp³-hybridized carbons (Fsp3) is 0.296. The number of hydrogen-bond acceptors (Lipinski definition) is 9. The highest BCUT2D eigenvalue weighted by Crippen LogP contribution is 2.39. The van der Waals surface area contributed by atoms with Crippen LogP contribution in [0, 0.1) is 0 Å². The molecule has 1 amide bonds. The number of carbonyl (C=O) groups excluding carboxylic acids is 1. The zero-order valence-electron chi connectivity index (χ0n) is 21.7. The van der Waals surface area contributed by atoms with Gasteiger partial charge >= 0.3 is 0 Å². The third-order valence-corrected chi connectivity index (χ3v) is 7.07. The fourth-order valence-electron chi connectivity index (χ4n) is 3.98. The molecule has 1 aromatic heterocycles. The molecule has 0 unspecified atom stereocenters. The Bertz CT molecular complexity index is 1300. The Balaban J connectivity index is 1.66. The number of piperazine rings is 1. The van der Waals surface area contributed by atoms with Crippen molar-refractivity contribution in [1.29, 1.82) is 0 Å². The lowest BCUT2D eigenvalue weighted by molar-refractivity contribution is -0.111. The largest absolute Gasteiger partial charge is 0.494 e. The Morgan fingerprint density at radius 3 is 2.66 bits per heavy atom. The number of nitrogens with one attached hydrogen (secondary N) is 4. The van der Waals surface area contributed by atoms with Crippen molar-refractivity contribution >= 4 is 63.8 Å². The number of thioether (sulfide) groups is 1. The molecule has 200 valence electrons. The minimum absolute atomic E-state index is 0.301. The number of hydrogen-bond donors (Lipinski definition) is 4. The van der Waals surface area contributed by atoms with E-state index in [9.17, 15) is 4.79 Å². The van der Waals surface area contributed by atoms with Gasteiger partial charge in [-0.1, -0.05) is 44.2 Å². The summed E-state index contributed by atoms with van der Waals surface area (Å²) in [5, 5.41) is 13.6. The molecule has 1 fully saturated rings. The van der Waals surface area contributed by atoms with Crippen LogP contribution in [0.1, 0.15) is 13.8 Å². The molecular weight excluding hydrogens is 522 g/mol. The molecule has 2 aromatic carbocycles. The topological polar surface area (TPSA) is 103 Å². The van der Waals surface area contributed by atoms with Crippen molar-refractivity contribution < 1.29 is 9.53 Å². The normalized spacial score (nSPS) is 13.2. The first-order chi connectivity index (χ1) is 18.4. The number of nitrogens with zero attached hydrogens (tertiary/aromatic N) is 3. The van der Waals surface area contributed by atoms with Crippen molar-refractivity contribution in [3.8, 4) is 5.75 Å². The van der Waals surface area contributed by atoms with Crippen LogP contribution in [0.4, 0.5) is 34.5 Å². The Labute approximate surface area is 232 Å². The summed E-state index contributed by atoms with van der Waals surface area (Å²) in [6.45, 7) is 11.2. The highest BCUT2D eigenvalue weighted by atomic mass is 35.5. The molecule has 0 radical (unpaired) electrons. The zero-order chi connectivity index (χ0) is 27.1. The Morgan fingerprint density at radius 1 is 1.18 bits per heavy atom. The van der Waals surface area contributed by atoms with Crippen LogP contribution in [0.2, 0.25) is 5.02 Å². The lowest BCUT2D eigenvalue weighted by Crippen LogP contribution is -2.43. The van der Waals surface area contributed by atoms with E-state index in [1.807, 2.05) is 30.3 Å². The molecule has 0 spiro atoms. The Hall–Kier alpha value is -3.47. The minimum atomic E-state index is -0.301. The molecule has 4 rings (SSSR count). The van der Waals surface area contributed by atoms with E-state index in [0.717, 1.165) is 42.4 Å². The molecule has 2 heterocycles. The molecule has 3 aromatic rings. The smallest absolute Gasteiger partial charge is 0.247 e. The summed E-state index contributed by atoms with van der Waals surface area (Å²) in [6, 6.07) is 11.7. The lowest BCUT2D eigenvalue weighted by atomic mass is 10.1. The number of halogens is 1. The van der Waals surface area contributed by atoms with E-state index in [0.29, 0.717) is 39.2 Å². The molecule has 11 heteroatoms. The van der Waals surface area contributed by atoms with Gasteiger partial charge in [-0.05, 0) is 24.3 Å². The summed E-state index contributed by atoms with van der Waals surface area (Å²) < 4.78 is 5.70. The van der Waals surface area contributed by atoms with Gasteiger partial charge in [0.2, 0.25) is 11.9 Å². The van der Waals surface area contributed by atoms with Crippen molar-refractivity contribution in [1.82, 2.24) is 15.3 Å². The van der Waals surface area contributed by atoms with Gasteiger partial charge in [-0.25, -0.2) is 4.98 Å². The maximum Gasteiger partial charge on any atom is 0.247 e. The summed E-state index contributed by atoms with van der Waals surface area (Å²) in [4.78, 5) is 24.5. The molecule has 0 bridgehead atoms. The molecule has 1 aliphatic heterocycles. The number of para-hydroxylation sites is 1. The van der Waals surface area contributed by atoms with E-state index in [2.05, 4.69) is 62.6 Å². The highest BCUT2D eigenvalue weighted by Gasteiger charge is 2.20. The third-order valence-electron chi connectivity index (χ3n) is 5.71. The van der Waals surface area contributed by atoms with Crippen LogP contribution < -0.4 is 30.9 Å². The number of rotatable bonds is 10. The number of carbonyl (C=O) groups is 1. The van der Waals surface area contributed by atoms with E-state index in [1.165, 1.54) is 6.08 Å². The number of anilines is 6. The highest BCUT2D eigenvalue weighted by molar-refractivity contribution is 8.00. The number of methoxy groups -OCH3 is 1. The zero-order valence-corrected chi connectivity index (χ0v) is 23.2. The number of benzene rings is 2. The molecule has 38 heavy (non-hydrogen) atoms. The first kappa shape index (κ1) is 27.6. The first-order valence-corrected chi connectivity index (χ1v) is 13.6. The Kier molecular flexibility index (Phi) is 9.33. The van der Waals surface area contributed by atoms with Crippen LogP contribution in [-0.4, -0.2) is 54.4 Å². The van der Waals surface area contributed by atoms with E-state index in [1.54, 1.807) is 25.1 Å². The molecule has 0 saturated carbocycles. The van der Waals surface area contributed by atoms with Crippen LogP contribution in [-0.2, 0) is 4.79 Å². The van der Waals surface area contributed by atoms with Crippen molar-refractivity contribution in [3.63, 3.8) is 0 Å². The number of ether oxygens (including phenoxy) is 1. The SMILES string of the molecule is C=CC(=O)Nc1cc(Nc2ncc(Cl)c(Nc3ccccc3SC(C)C)n2)c(OC)cc1N1CCNCC1. The Morgan fingerprint density at radius 2 is 1.95 bits per heavy atom. The van der Waals surface area contributed by atoms with Crippen molar-refractivity contribution in [2.45, 2.75) is 24.0 Å². The van der Waals surface area contributed by atoms with Gasteiger partial charge in [-0.15, -0.1) is 11.8 Å². The quantitative estimate of drug-likeness (QED) is 0.187. The van der Waals surface area contributed by atoms with Crippen molar-refractivity contribution in [2.24, 2.45) is 0 Å². The molecule has 4 N–H and O–H groups in total. The number of aromatic nitrogens is 2. The van der Waals surface area contributed by atoms with Crippen molar-refractivity contribution in [3.05, 3.63) is 60.3 Å². The van der Waals surface area contributed by atoms with Crippen LogP contribution in [0.25, 0.3) is 0 Å². The second-order valence-electron chi connectivity index (χ2n) is 8.80. The van der Waals surface area contributed by atoms with E-state index < -0.39 is 0 Å². The third kappa shape index (κ3) is 6.89. The van der Waals surface area contributed by atoms with Crippen LogP contribution in [0.3, 0.4) is 0 Å². The average Bonchev–Trinajstić information content (AvgIpc) is 2.92. The maximum atomic E-state index is 12.2. The van der Waals surface area contributed by atoms with Gasteiger partial charge < -0.3 is 30.9 Å². The van der Waals surface area contributed by atoms with E-state index in [4.69, 9.17) is 16.3 Å². The molecule has 1 saturated heterocycles. The first-order valence-electron chi connectivity index (χ1n) is 12.3. The summed E-state index contributed by atoms with van der Waals surface area (Å²) >= 11 is 8.21. The molecule has 9 nitrogen and oxygen atoms in total. The van der Waals surface area contributed by atoms with Gasteiger partial charge in [0.25, 0.3) is 0 Å². The van der Waals surface area contributed by atoms with Crippen molar-refractivity contribution in [2.75, 3.05) is 54.1 Å². The molecule has 0 aliphatic carbocycles. The van der Waals surface area contributed by atoms with Gasteiger partial charge in [0.05, 0.1) is 36.1 Å². The van der Waals surface area contributed by atoms with Gasteiger partial charge in [0, 0.05) is 42.4 Å². The van der Waals surface area contributed by atoms with Crippen LogP contribution in [0.5, 0.6) is 5.75 Å². The number of amides is 1. The summed E-state index contributed by atoms with van der Waals surface area (Å²) in [5.41, 5.74) is 3.00. The summed E-state index contributed by atoms with van der Waals surface area (Å²) in [6.07, 6.45) is 2.79. The standard InChI is InChI=1S/C27H32ClN7O2S/c1-5-25(36)31-20-14-21(23(37-4)15-22(20)35-12-10-29-11-13-35)33-27-30-16-18(28)26(34-27)32-19-8-6-7-9-24(19)38-17(2)3/h5-9,14-17,29H,1,10-13H2,2-4H3,(H,31,36)(H2,30,32,33,34). The molecule has 1 aliphatic rings. The van der Waals surface area contributed by atoms with Gasteiger partial charge in [-0.2, -0.15) is 4.98 Å². The summed E-state index contributed by atoms with van der Waals surface area (Å²) in [7, 11) is 1.60. The monoisotopic (exact) mass is 553 g/mol. The fourth-order valence-corrected chi connectivity index (χ4v) is 5.03. The van der Waals surface area contributed by atoms with Crippen LogP contribution in [0.15, 0.2) is 60.1 Å². The predicted molar refractivity (Wildman–Crippen MR) is 158 cm³/mol. The molecule has 0 atom stereocenters. The second kappa shape index (κ2) is 12.9. The summed E-state index contributed by atoms with van der Waals surface area (Å²) in [5.74, 6) is 1.07. The minimum Gasteiger partial charge on any atom is -0.494 e. The maximum absolute atomic E-state index is 12.2. The lowest BCUT2D eigenvalue weighted by Gasteiger charge is -2.31. The average molecular weight is 554 g/mol. The van der Waals surface area contributed by atoms with Gasteiger partial charge in [-0.3, -0.25) is 4.79 Å². The predicted octanol–water partition coefficient (Wildman–Crippen LogP) is 5.66. The van der Waals surface area contributed by atoms with Crippen LogP contribution >= 0.6 is 23.4 Å².